The van der Waals surface area contributed by atoms with E-state index in [0.717, 1.165) is 10.6 Å². The lowest BCUT2D eigenvalue weighted by Gasteiger charge is -2.11. The van der Waals surface area contributed by atoms with Gasteiger partial charge in [0.15, 0.2) is 0 Å². The number of hydrogen-bond acceptors (Lipinski definition) is 3. The standard InChI is InChI=1S/C20H19FN4O2.C6H5Cl/c21-17-9-5-4-8-15(17)19-16(20(27)23-11-10-18(22)26)12-24-25(19)13-14-6-2-1-3-7-14;7-6-4-2-1-3-5-6/h1-9,12H,10-11,13H2,(H2,22,26)(H,23,27);1-5H. The molecule has 0 aliphatic carbocycles. The topological polar surface area (TPSA) is 90.0 Å². The van der Waals surface area contributed by atoms with Gasteiger partial charge in [0.2, 0.25) is 5.91 Å². The number of nitrogens with two attached hydrogens (primary N) is 1. The average molecular weight is 479 g/mol. The molecule has 3 aromatic carbocycles. The number of amides is 2. The summed E-state index contributed by atoms with van der Waals surface area (Å²) in [5.74, 6) is -1.39. The van der Waals surface area contributed by atoms with Crippen LogP contribution in [0.25, 0.3) is 11.3 Å². The fraction of sp³-hybridized carbons (Fsp3) is 0.115. The number of nitrogens with zero attached hydrogens (tertiary/aromatic N) is 2. The molecule has 0 atom stereocenters. The largest absolute Gasteiger partial charge is 0.370 e. The average Bonchev–Trinajstić information content (AvgIpc) is 3.24. The Balaban J connectivity index is 0.000000396. The number of halogens is 2. The number of rotatable bonds is 7. The molecule has 0 saturated heterocycles. The smallest absolute Gasteiger partial charge is 0.255 e. The lowest BCUT2D eigenvalue weighted by Crippen LogP contribution is -2.28. The Hall–Kier alpha value is -3.97. The molecule has 3 N–H and O–H groups in total. The summed E-state index contributed by atoms with van der Waals surface area (Å²) in [6.07, 6.45) is 1.43. The fourth-order valence-electron chi connectivity index (χ4n) is 3.17. The molecule has 0 unspecified atom stereocenters. The number of primary amides is 1. The molecule has 174 valence electrons. The van der Waals surface area contributed by atoms with Gasteiger partial charge in [-0.1, -0.05) is 72.3 Å². The van der Waals surface area contributed by atoms with Gasteiger partial charge in [0.05, 0.1) is 24.0 Å². The van der Waals surface area contributed by atoms with Gasteiger partial charge in [-0.15, -0.1) is 0 Å². The van der Waals surface area contributed by atoms with Gasteiger partial charge in [0.1, 0.15) is 5.82 Å². The minimum absolute atomic E-state index is 0.0267. The highest BCUT2D eigenvalue weighted by Crippen LogP contribution is 2.27. The number of aromatic nitrogens is 2. The summed E-state index contributed by atoms with van der Waals surface area (Å²) in [6, 6.07) is 25.2. The summed E-state index contributed by atoms with van der Waals surface area (Å²) in [5.41, 5.74) is 6.97. The molecule has 4 rings (SSSR count). The molecule has 0 aliphatic heterocycles. The molecule has 2 amide bonds. The van der Waals surface area contributed by atoms with Gasteiger partial charge in [0.25, 0.3) is 5.91 Å². The van der Waals surface area contributed by atoms with Crippen LogP contribution >= 0.6 is 11.6 Å². The van der Waals surface area contributed by atoms with E-state index in [9.17, 15) is 14.0 Å². The molecule has 0 aliphatic rings. The molecule has 1 aromatic heterocycles. The molecular formula is C26H24ClFN4O2. The van der Waals surface area contributed by atoms with Crippen LogP contribution in [-0.2, 0) is 11.3 Å². The van der Waals surface area contributed by atoms with Crippen LogP contribution in [0, 0.1) is 5.82 Å². The van der Waals surface area contributed by atoms with Crippen LogP contribution in [0.15, 0.2) is 91.1 Å². The third kappa shape index (κ3) is 7.02. The first-order valence-electron chi connectivity index (χ1n) is 10.6. The Morgan fingerprint density at radius 1 is 0.941 bits per heavy atom. The van der Waals surface area contributed by atoms with Gasteiger partial charge in [-0.25, -0.2) is 4.39 Å². The molecule has 34 heavy (non-hydrogen) atoms. The quantitative estimate of drug-likeness (QED) is 0.404. The summed E-state index contributed by atoms with van der Waals surface area (Å²) < 4.78 is 16.0. The highest BCUT2D eigenvalue weighted by atomic mass is 35.5. The Morgan fingerprint density at radius 2 is 1.56 bits per heavy atom. The summed E-state index contributed by atoms with van der Waals surface area (Å²) in [6.45, 7) is 0.494. The minimum atomic E-state index is -0.510. The molecular weight excluding hydrogens is 455 g/mol. The molecule has 0 radical (unpaired) electrons. The van der Waals surface area contributed by atoms with E-state index in [1.807, 2.05) is 60.7 Å². The van der Waals surface area contributed by atoms with Crippen molar-refractivity contribution < 1.29 is 14.0 Å². The second-order valence-corrected chi connectivity index (χ2v) is 7.73. The third-order valence-corrected chi connectivity index (χ3v) is 5.03. The molecule has 8 heteroatoms. The number of carbonyl (C=O) groups excluding carboxylic acids is 2. The van der Waals surface area contributed by atoms with Crippen LogP contribution in [0.4, 0.5) is 4.39 Å². The van der Waals surface area contributed by atoms with E-state index in [1.165, 1.54) is 12.3 Å². The lowest BCUT2D eigenvalue weighted by molar-refractivity contribution is -0.117. The highest BCUT2D eigenvalue weighted by Gasteiger charge is 2.21. The van der Waals surface area contributed by atoms with Crippen molar-refractivity contribution in [3.63, 3.8) is 0 Å². The van der Waals surface area contributed by atoms with E-state index in [0.29, 0.717) is 12.2 Å². The molecule has 4 aromatic rings. The third-order valence-electron chi connectivity index (χ3n) is 4.78. The Bertz CT molecular complexity index is 1230. The predicted octanol–water partition coefficient (Wildman–Crippen LogP) is 4.68. The van der Waals surface area contributed by atoms with Crippen molar-refractivity contribution >= 4 is 23.4 Å². The van der Waals surface area contributed by atoms with Crippen molar-refractivity contribution in [2.24, 2.45) is 5.73 Å². The molecule has 0 saturated carbocycles. The van der Waals surface area contributed by atoms with Gasteiger partial charge >= 0.3 is 0 Å². The van der Waals surface area contributed by atoms with Crippen LogP contribution in [0.5, 0.6) is 0 Å². The van der Waals surface area contributed by atoms with E-state index in [4.69, 9.17) is 17.3 Å². The predicted molar refractivity (Wildman–Crippen MR) is 131 cm³/mol. The molecule has 6 nitrogen and oxygen atoms in total. The first-order valence-corrected chi connectivity index (χ1v) is 10.9. The van der Waals surface area contributed by atoms with Crippen molar-refractivity contribution in [1.82, 2.24) is 15.1 Å². The van der Waals surface area contributed by atoms with Crippen LogP contribution in [-0.4, -0.2) is 28.1 Å². The zero-order chi connectivity index (χ0) is 24.3. The monoisotopic (exact) mass is 478 g/mol. The Kier molecular flexibility index (Phi) is 8.94. The van der Waals surface area contributed by atoms with Crippen molar-refractivity contribution in [2.45, 2.75) is 13.0 Å². The first kappa shape index (κ1) is 24.7. The summed E-state index contributed by atoms with van der Waals surface area (Å²) >= 11 is 5.54. The zero-order valence-electron chi connectivity index (χ0n) is 18.3. The maximum absolute atomic E-state index is 14.4. The normalized spacial score (nSPS) is 10.2. The van der Waals surface area contributed by atoms with E-state index >= 15 is 0 Å². The highest BCUT2D eigenvalue weighted by molar-refractivity contribution is 6.30. The first-order chi connectivity index (χ1) is 16.5. The van der Waals surface area contributed by atoms with Crippen LogP contribution in [0.2, 0.25) is 5.02 Å². The molecule has 0 fully saturated rings. The number of nitrogens with one attached hydrogen (secondary N) is 1. The van der Waals surface area contributed by atoms with Gasteiger partial charge in [-0.05, 0) is 29.8 Å². The van der Waals surface area contributed by atoms with Crippen molar-refractivity contribution in [3.8, 4) is 11.3 Å². The molecule has 0 spiro atoms. The second kappa shape index (κ2) is 12.3. The van der Waals surface area contributed by atoms with Crippen LogP contribution < -0.4 is 11.1 Å². The number of hydrogen-bond donors (Lipinski definition) is 2. The second-order valence-electron chi connectivity index (χ2n) is 7.30. The van der Waals surface area contributed by atoms with E-state index < -0.39 is 17.6 Å². The molecule has 0 bridgehead atoms. The van der Waals surface area contributed by atoms with Crippen molar-refractivity contribution in [2.75, 3.05) is 6.54 Å². The Labute approximate surface area is 202 Å². The lowest BCUT2D eigenvalue weighted by atomic mass is 10.1. The van der Waals surface area contributed by atoms with Gasteiger partial charge in [-0.3, -0.25) is 14.3 Å². The van der Waals surface area contributed by atoms with Crippen LogP contribution in [0.1, 0.15) is 22.3 Å². The van der Waals surface area contributed by atoms with E-state index in [1.54, 1.807) is 22.9 Å². The van der Waals surface area contributed by atoms with Crippen molar-refractivity contribution in [3.05, 3.63) is 113 Å². The van der Waals surface area contributed by atoms with Gasteiger partial charge < -0.3 is 11.1 Å². The summed E-state index contributed by atoms with van der Waals surface area (Å²) in [4.78, 5) is 23.4. The summed E-state index contributed by atoms with van der Waals surface area (Å²) in [7, 11) is 0. The maximum atomic E-state index is 14.4. The van der Waals surface area contributed by atoms with E-state index in [2.05, 4.69) is 10.4 Å². The maximum Gasteiger partial charge on any atom is 0.255 e. The van der Waals surface area contributed by atoms with Crippen LogP contribution in [0.3, 0.4) is 0 Å². The molecule has 1 heterocycles. The zero-order valence-corrected chi connectivity index (χ0v) is 19.1. The van der Waals surface area contributed by atoms with Gasteiger partial charge in [-0.2, -0.15) is 5.10 Å². The number of benzene rings is 3. The van der Waals surface area contributed by atoms with Crippen molar-refractivity contribution in [1.29, 1.82) is 0 Å². The van der Waals surface area contributed by atoms with E-state index in [-0.39, 0.29) is 24.1 Å². The Morgan fingerprint density at radius 3 is 2.15 bits per heavy atom. The SMILES string of the molecule is Clc1ccccc1.NC(=O)CCNC(=O)c1cnn(Cc2ccccc2)c1-c1ccccc1F. The number of carbonyl (C=O) groups is 2. The minimum Gasteiger partial charge on any atom is -0.370 e. The fourth-order valence-corrected chi connectivity index (χ4v) is 3.32. The summed E-state index contributed by atoms with van der Waals surface area (Å²) in [5, 5.41) is 7.71. The van der Waals surface area contributed by atoms with Gasteiger partial charge in [0, 0.05) is 23.6 Å².